The molecule has 0 aliphatic carbocycles. The van der Waals surface area contributed by atoms with E-state index in [9.17, 15) is 4.79 Å². The van der Waals surface area contributed by atoms with Gasteiger partial charge in [0.1, 0.15) is 17.3 Å². The van der Waals surface area contributed by atoms with Crippen LogP contribution in [0, 0.1) is 0 Å². The third-order valence-electron chi connectivity index (χ3n) is 1.28. The number of halogens is 1. The molecule has 1 rings (SSSR count). The number of carbonyl (C=O) groups excluding carboxylic acids is 1. The van der Waals surface area contributed by atoms with Gasteiger partial charge in [-0.15, -0.1) is 0 Å². The van der Waals surface area contributed by atoms with Crippen LogP contribution >= 0.6 is 11.6 Å². The summed E-state index contributed by atoms with van der Waals surface area (Å²) >= 11 is 5.68. The van der Waals surface area contributed by atoms with Gasteiger partial charge in [-0.1, -0.05) is 11.6 Å². The molecule has 0 saturated carbocycles. The molecule has 4 N–H and O–H groups in total. The molecule has 0 bridgehead atoms. The number of nitrogen functional groups attached to an aromatic ring is 1. The zero-order valence-electron chi connectivity index (χ0n) is 6.57. The molecule has 0 radical (unpaired) electrons. The van der Waals surface area contributed by atoms with Crippen molar-refractivity contribution in [2.45, 2.75) is 0 Å². The average molecular weight is 199 g/mol. The van der Waals surface area contributed by atoms with Crippen molar-refractivity contribution in [2.24, 2.45) is 5.73 Å². The highest BCUT2D eigenvalue weighted by atomic mass is 35.5. The molecule has 13 heavy (non-hydrogen) atoms. The Labute approximate surface area is 79.4 Å². The first-order valence-corrected chi connectivity index (χ1v) is 3.72. The summed E-state index contributed by atoms with van der Waals surface area (Å²) in [4.78, 5) is 17.8. The fraction of sp³-hybridized carbons (Fsp3) is 0. The largest absolute Gasteiger partial charge is 0.383 e. The first kappa shape index (κ1) is 9.47. The molecule has 0 saturated heterocycles. The molecule has 5 nitrogen and oxygen atoms in total. The zero-order valence-corrected chi connectivity index (χ0v) is 7.32. The maximum absolute atomic E-state index is 10.4. The number of hydrogen-bond acceptors (Lipinski definition) is 4. The van der Waals surface area contributed by atoms with Crippen LogP contribution in [0.2, 0.25) is 5.15 Å². The Morgan fingerprint density at radius 1 is 1.54 bits per heavy atom. The smallest absolute Gasteiger partial charge is 0.241 e. The normalized spacial score (nSPS) is 10.5. The number of aromatic nitrogens is 2. The van der Waals surface area contributed by atoms with Crippen LogP contribution < -0.4 is 11.5 Å². The first-order chi connectivity index (χ1) is 6.11. The van der Waals surface area contributed by atoms with E-state index in [0.29, 0.717) is 5.56 Å². The monoisotopic (exact) mass is 198 g/mol. The summed E-state index contributed by atoms with van der Waals surface area (Å²) in [6.07, 6.45) is 3.75. The molecular formula is C7H7ClN4O. The Kier molecular flexibility index (Phi) is 2.81. The topological polar surface area (TPSA) is 94.9 Å². The molecule has 1 aromatic heterocycles. The predicted octanol–water partition coefficient (Wildman–Crippen LogP) is 0.211. The number of rotatable bonds is 2. The van der Waals surface area contributed by atoms with E-state index in [1.54, 1.807) is 0 Å². The van der Waals surface area contributed by atoms with Crippen molar-refractivity contribution in [2.75, 3.05) is 5.73 Å². The van der Waals surface area contributed by atoms with Crippen LogP contribution in [0.4, 0.5) is 5.82 Å². The van der Waals surface area contributed by atoms with Crippen molar-refractivity contribution >= 4 is 29.4 Å². The molecule has 1 heterocycles. The molecule has 0 aromatic carbocycles. The third-order valence-corrected chi connectivity index (χ3v) is 1.58. The summed E-state index contributed by atoms with van der Waals surface area (Å²) in [7, 11) is 0. The first-order valence-electron chi connectivity index (χ1n) is 3.34. The van der Waals surface area contributed by atoms with Crippen LogP contribution in [0.25, 0.3) is 6.08 Å². The number of carbonyl (C=O) groups is 1. The second kappa shape index (κ2) is 3.86. The van der Waals surface area contributed by atoms with Crippen molar-refractivity contribution in [1.82, 2.24) is 9.97 Å². The van der Waals surface area contributed by atoms with Crippen molar-refractivity contribution in [3.05, 3.63) is 23.1 Å². The minimum atomic E-state index is -0.584. The predicted molar refractivity (Wildman–Crippen MR) is 49.7 cm³/mol. The molecule has 6 heteroatoms. The molecule has 0 fully saturated rings. The van der Waals surface area contributed by atoms with Crippen LogP contribution in [-0.2, 0) is 4.79 Å². The van der Waals surface area contributed by atoms with Gasteiger partial charge in [-0.3, -0.25) is 4.79 Å². The Hall–Kier alpha value is -1.62. The van der Waals surface area contributed by atoms with Gasteiger partial charge in [-0.05, 0) is 6.08 Å². The Morgan fingerprint density at radius 3 is 2.77 bits per heavy atom. The molecule has 0 aliphatic rings. The van der Waals surface area contributed by atoms with Gasteiger partial charge < -0.3 is 11.5 Å². The fourth-order valence-electron chi connectivity index (χ4n) is 0.706. The Morgan fingerprint density at radius 2 is 2.23 bits per heavy atom. The summed E-state index contributed by atoms with van der Waals surface area (Å²) in [6, 6.07) is 0. The minimum Gasteiger partial charge on any atom is -0.383 e. The van der Waals surface area contributed by atoms with E-state index in [1.807, 2.05) is 0 Å². The molecule has 1 amide bonds. The van der Waals surface area contributed by atoms with E-state index in [0.717, 1.165) is 6.08 Å². The molecule has 68 valence electrons. The van der Waals surface area contributed by atoms with Gasteiger partial charge in [0, 0.05) is 6.08 Å². The van der Waals surface area contributed by atoms with Gasteiger partial charge in [0.15, 0.2) is 0 Å². The van der Waals surface area contributed by atoms with Gasteiger partial charge in [-0.25, -0.2) is 9.97 Å². The van der Waals surface area contributed by atoms with Crippen molar-refractivity contribution in [3.8, 4) is 0 Å². The van der Waals surface area contributed by atoms with Gasteiger partial charge in [0.2, 0.25) is 5.91 Å². The molecule has 0 unspecified atom stereocenters. The quantitative estimate of drug-likeness (QED) is 0.525. The lowest BCUT2D eigenvalue weighted by Gasteiger charge is -1.98. The van der Waals surface area contributed by atoms with E-state index in [2.05, 4.69) is 9.97 Å². The van der Waals surface area contributed by atoms with Crippen molar-refractivity contribution in [3.63, 3.8) is 0 Å². The lowest BCUT2D eigenvalue weighted by molar-refractivity contribution is -0.113. The number of anilines is 1. The van der Waals surface area contributed by atoms with E-state index >= 15 is 0 Å². The van der Waals surface area contributed by atoms with E-state index in [-0.39, 0.29) is 11.0 Å². The number of primary amides is 1. The Balaban J connectivity index is 3.06. The van der Waals surface area contributed by atoms with E-state index < -0.39 is 5.91 Å². The van der Waals surface area contributed by atoms with Gasteiger partial charge in [0.25, 0.3) is 0 Å². The highest BCUT2D eigenvalue weighted by Gasteiger charge is 2.02. The van der Waals surface area contributed by atoms with Crippen LogP contribution in [0.1, 0.15) is 5.56 Å². The maximum Gasteiger partial charge on any atom is 0.241 e. The van der Waals surface area contributed by atoms with Crippen LogP contribution in [0.3, 0.4) is 0 Å². The molecule has 0 atom stereocenters. The molecule has 0 spiro atoms. The van der Waals surface area contributed by atoms with Crippen molar-refractivity contribution < 1.29 is 4.79 Å². The lowest BCUT2D eigenvalue weighted by Crippen LogP contribution is -2.05. The number of nitrogens with two attached hydrogens (primary N) is 2. The maximum atomic E-state index is 10.4. The second-order valence-electron chi connectivity index (χ2n) is 2.20. The SMILES string of the molecule is NC(=O)C=Cc1c(N)ncnc1Cl. The third kappa shape index (κ3) is 2.41. The summed E-state index contributed by atoms with van der Waals surface area (Å²) in [5.41, 5.74) is 10.8. The Bertz CT molecular complexity index is 343. The second-order valence-corrected chi connectivity index (χ2v) is 2.56. The van der Waals surface area contributed by atoms with Crippen LogP contribution in [-0.4, -0.2) is 15.9 Å². The van der Waals surface area contributed by atoms with Gasteiger partial charge >= 0.3 is 0 Å². The molecule has 1 aromatic rings. The standard InChI is InChI=1S/C7H7ClN4O/c8-6-4(1-2-5(9)13)7(10)12-3-11-6/h1-3H,(H2,9,13)(H2,10,11,12). The number of hydrogen-bond donors (Lipinski definition) is 2. The lowest BCUT2D eigenvalue weighted by atomic mass is 10.3. The molecule has 0 aliphatic heterocycles. The zero-order chi connectivity index (χ0) is 9.84. The van der Waals surface area contributed by atoms with Gasteiger partial charge in [-0.2, -0.15) is 0 Å². The average Bonchev–Trinajstić information content (AvgIpc) is 2.03. The summed E-state index contributed by atoms with van der Waals surface area (Å²) in [6.45, 7) is 0. The summed E-state index contributed by atoms with van der Waals surface area (Å²) in [5.74, 6) is -0.378. The van der Waals surface area contributed by atoms with Crippen LogP contribution in [0.15, 0.2) is 12.4 Å². The van der Waals surface area contributed by atoms with Crippen molar-refractivity contribution in [1.29, 1.82) is 0 Å². The van der Waals surface area contributed by atoms with Gasteiger partial charge in [0.05, 0.1) is 5.56 Å². The van der Waals surface area contributed by atoms with E-state index in [1.165, 1.54) is 12.4 Å². The van der Waals surface area contributed by atoms with Crippen LogP contribution in [0.5, 0.6) is 0 Å². The minimum absolute atomic E-state index is 0.185. The summed E-state index contributed by atoms with van der Waals surface area (Å²) < 4.78 is 0. The number of nitrogens with zero attached hydrogens (tertiary/aromatic N) is 2. The highest BCUT2D eigenvalue weighted by Crippen LogP contribution is 2.18. The molecular weight excluding hydrogens is 192 g/mol. The fourth-order valence-corrected chi connectivity index (χ4v) is 0.910. The van der Waals surface area contributed by atoms with E-state index in [4.69, 9.17) is 23.1 Å². The number of amides is 1. The highest BCUT2D eigenvalue weighted by molar-refractivity contribution is 6.31. The summed E-state index contributed by atoms with van der Waals surface area (Å²) in [5, 5.41) is 0.185.